The maximum Gasteiger partial charge on any atom is 0.262 e. The number of nitrogens with two attached hydrogens (primary N) is 1. The zero-order chi connectivity index (χ0) is 14.6. The average molecular weight is 308 g/mol. The van der Waals surface area contributed by atoms with Gasteiger partial charge in [-0.1, -0.05) is 18.2 Å². The fourth-order valence-electron chi connectivity index (χ4n) is 1.80. The van der Waals surface area contributed by atoms with Crippen LogP contribution in [0, 0.1) is 0 Å². The number of thioether (sulfide) groups is 1. The topological polar surface area (TPSA) is 72.2 Å². The molecule has 0 aliphatic carbocycles. The first-order valence-electron chi connectivity index (χ1n) is 6.01. The molecule has 4 nitrogen and oxygen atoms in total. The second-order valence-electron chi connectivity index (χ2n) is 4.15. The van der Waals surface area contributed by atoms with E-state index in [0.29, 0.717) is 11.3 Å². The van der Waals surface area contributed by atoms with Gasteiger partial charge in [0.05, 0.1) is 4.90 Å². The smallest absolute Gasteiger partial charge is 0.262 e. The molecule has 0 saturated carbocycles. The van der Waals surface area contributed by atoms with Gasteiger partial charge in [0.2, 0.25) is 0 Å². The lowest BCUT2D eigenvalue weighted by Gasteiger charge is -2.11. The van der Waals surface area contributed by atoms with Gasteiger partial charge in [0.1, 0.15) is 0 Å². The third kappa shape index (κ3) is 3.33. The minimum absolute atomic E-state index is 0.183. The second kappa shape index (κ2) is 6.30. The van der Waals surface area contributed by atoms with Crippen LogP contribution in [0.3, 0.4) is 0 Å². The zero-order valence-corrected chi connectivity index (χ0v) is 12.7. The van der Waals surface area contributed by atoms with Crippen molar-refractivity contribution in [3.05, 3.63) is 54.1 Å². The molecule has 0 bridgehead atoms. The molecular weight excluding hydrogens is 292 g/mol. The van der Waals surface area contributed by atoms with Crippen molar-refractivity contribution in [3.63, 3.8) is 0 Å². The first-order chi connectivity index (χ1) is 9.56. The van der Waals surface area contributed by atoms with Crippen molar-refractivity contribution in [1.82, 2.24) is 0 Å². The Labute approximate surface area is 123 Å². The maximum atomic E-state index is 12.4. The summed E-state index contributed by atoms with van der Waals surface area (Å²) in [6.07, 6.45) is 1.97. The molecule has 0 heterocycles. The Bertz CT molecular complexity index is 683. The molecule has 2 aromatic rings. The molecule has 0 radical (unpaired) electrons. The Morgan fingerprint density at radius 3 is 2.35 bits per heavy atom. The minimum atomic E-state index is -3.61. The molecule has 2 aromatic carbocycles. The van der Waals surface area contributed by atoms with Crippen molar-refractivity contribution < 1.29 is 8.42 Å². The maximum absolute atomic E-state index is 12.4. The van der Waals surface area contributed by atoms with Crippen LogP contribution in [0.2, 0.25) is 0 Å². The highest BCUT2D eigenvalue weighted by Gasteiger charge is 2.17. The summed E-state index contributed by atoms with van der Waals surface area (Å²) in [4.78, 5) is 1.30. The molecule has 6 heteroatoms. The number of rotatable bonds is 5. The van der Waals surface area contributed by atoms with Gasteiger partial charge in [-0.3, -0.25) is 4.72 Å². The van der Waals surface area contributed by atoms with Crippen LogP contribution in [0.4, 0.5) is 5.69 Å². The van der Waals surface area contributed by atoms with E-state index in [9.17, 15) is 8.42 Å². The Balaban J connectivity index is 2.30. The molecule has 20 heavy (non-hydrogen) atoms. The second-order valence-corrected chi connectivity index (χ2v) is 6.68. The molecule has 0 spiro atoms. The van der Waals surface area contributed by atoms with Gasteiger partial charge in [0.15, 0.2) is 0 Å². The molecule has 0 unspecified atom stereocenters. The van der Waals surface area contributed by atoms with Crippen LogP contribution in [-0.2, 0) is 16.6 Å². The minimum Gasteiger partial charge on any atom is -0.326 e. The lowest BCUT2D eigenvalue weighted by Crippen LogP contribution is -2.16. The Morgan fingerprint density at radius 1 is 1.10 bits per heavy atom. The van der Waals surface area contributed by atoms with Crippen molar-refractivity contribution in [3.8, 4) is 0 Å². The Kier molecular flexibility index (Phi) is 4.69. The molecule has 0 saturated heterocycles. The molecule has 0 amide bonds. The SMILES string of the molecule is CSc1ccc(NS(=O)(=O)c2ccccc2CN)cc1. The predicted molar refractivity (Wildman–Crippen MR) is 83.4 cm³/mol. The fourth-order valence-corrected chi connectivity index (χ4v) is 3.52. The van der Waals surface area contributed by atoms with Crippen LogP contribution >= 0.6 is 11.8 Å². The third-order valence-electron chi connectivity index (χ3n) is 2.82. The number of benzene rings is 2. The van der Waals surface area contributed by atoms with Crippen LogP contribution in [0.25, 0.3) is 0 Å². The summed E-state index contributed by atoms with van der Waals surface area (Å²) in [5.74, 6) is 0. The largest absolute Gasteiger partial charge is 0.326 e. The Hall–Kier alpha value is -1.50. The number of sulfonamides is 1. The van der Waals surface area contributed by atoms with Crippen molar-refractivity contribution >= 4 is 27.5 Å². The normalized spacial score (nSPS) is 11.3. The molecule has 0 fully saturated rings. The lowest BCUT2D eigenvalue weighted by atomic mass is 10.2. The van der Waals surface area contributed by atoms with E-state index in [-0.39, 0.29) is 11.4 Å². The first-order valence-corrected chi connectivity index (χ1v) is 8.72. The molecule has 0 aliphatic rings. The molecule has 0 atom stereocenters. The number of nitrogens with one attached hydrogen (secondary N) is 1. The summed E-state index contributed by atoms with van der Waals surface area (Å²) >= 11 is 1.60. The summed E-state index contributed by atoms with van der Waals surface area (Å²) < 4.78 is 27.3. The zero-order valence-electron chi connectivity index (χ0n) is 11.0. The summed E-state index contributed by atoms with van der Waals surface area (Å²) in [5, 5.41) is 0. The van der Waals surface area contributed by atoms with Gasteiger partial charge in [-0.15, -0.1) is 11.8 Å². The van der Waals surface area contributed by atoms with Crippen LogP contribution in [-0.4, -0.2) is 14.7 Å². The average Bonchev–Trinajstić information content (AvgIpc) is 2.47. The first kappa shape index (κ1) is 14.9. The summed E-state index contributed by atoms with van der Waals surface area (Å²) in [5.41, 5.74) is 6.72. The lowest BCUT2D eigenvalue weighted by molar-refractivity contribution is 0.600. The van der Waals surface area contributed by atoms with E-state index in [1.807, 2.05) is 18.4 Å². The number of hydrogen-bond acceptors (Lipinski definition) is 4. The van der Waals surface area contributed by atoms with Crippen molar-refractivity contribution in [1.29, 1.82) is 0 Å². The van der Waals surface area contributed by atoms with E-state index < -0.39 is 10.0 Å². The van der Waals surface area contributed by atoms with Gasteiger partial charge < -0.3 is 5.73 Å². The van der Waals surface area contributed by atoms with Crippen LogP contribution in [0.15, 0.2) is 58.3 Å². The van der Waals surface area contributed by atoms with Gasteiger partial charge in [0, 0.05) is 17.1 Å². The highest BCUT2D eigenvalue weighted by atomic mass is 32.2. The molecule has 2 rings (SSSR count). The fraction of sp³-hybridized carbons (Fsp3) is 0.143. The summed E-state index contributed by atoms with van der Waals surface area (Å²) in [6.45, 7) is 0.183. The van der Waals surface area contributed by atoms with E-state index in [1.54, 1.807) is 48.2 Å². The number of hydrogen-bond donors (Lipinski definition) is 2. The molecule has 0 aromatic heterocycles. The standard InChI is InChI=1S/C14H16N2O2S2/c1-19-13-8-6-12(7-9-13)16-20(17,18)14-5-3-2-4-11(14)10-15/h2-9,16H,10,15H2,1H3. The van der Waals surface area contributed by atoms with E-state index >= 15 is 0 Å². The Morgan fingerprint density at radius 2 is 1.75 bits per heavy atom. The highest BCUT2D eigenvalue weighted by molar-refractivity contribution is 7.98. The van der Waals surface area contributed by atoms with Gasteiger partial charge in [-0.05, 0) is 42.2 Å². The molecule has 106 valence electrons. The van der Waals surface area contributed by atoms with Crippen molar-refractivity contribution in [2.24, 2.45) is 5.73 Å². The van der Waals surface area contributed by atoms with Crippen LogP contribution in [0.1, 0.15) is 5.56 Å². The quantitative estimate of drug-likeness (QED) is 0.833. The van der Waals surface area contributed by atoms with E-state index in [1.165, 1.54) is 0 Å². The summed E-state index contributed by atoms with van der Waals surface area (Å²) in [7, 11) is -3.61. The highest BCUT2D eigenvalue weighted by Crippen LogP contribution is 2.22. The molecule has 3 N–H and O–H groups in total. The van der Waals surface area contributed by atoms with E-state index in [0.717, 1.165) is 4.90 Å². The summed E-state index contributed by atoms with van der Waals surface area (Å²) in [6, 6.07) is 14.0. The monoisotopic (exact) mass is 308 g/mol. The van der Waals surface area contributed by atoms with Gasteiger partial charge in [-0.25, -0.2) is 8.42 Å². The number of anilines is 1. The van der Waals surface area contributed by atoms with E-state index in [2.05, 4.69) is 4.72 Å². The van der Waals surface area contributed by atoms with Crippen molar-refractivity contribution in [2.45, 2.75) is 16.3 Å². The van der Waals surface area contributed by atoms with Gasteiger partial charge in [-0.2, -0.15) is 0 Å². The van der Waals surface area contributed by atoms with E-state index in [4.69, 9.17) is 5.73 Å². The predicted octanol–water partition coefficient (Wildman–Crippen LogP) is 2.67. The van der Waals surface area contributed by atoms with Crippen LogP contribution < -0.4 is 10.5 Å². The molecular formula is C14H16N2O2S2. The van der Waals surface area contributed by atoms with Crippen LogP contribution in [0.5, 0.6) is 0 Å². The van der Waals surface area contributed by atoms with Gasteiger partial charge in [0.25, 0.3) is 10.0 Å². The van der Waals surface area contributed by atoms with Gasteiger partial charge >= 0.3 is 0 Å². The van der Waals surface area contributed by atoms with Crippen molar-refractivity contribution in [2.75, 3.05) is 11.0 Å². The molecule has 0 aliphatic heterocycles. The third-order valence-corrected chi connectivity index (χ3v) is 5.05.